The zero-order valence-electron chi connectivity index (χ0n) is 20.8. The smallest absolute Gasteiger partial charge is 0.164 e. The number of hydrogen-bond acceptors (Lipinski definition) is 8. The second-order valence-corrected chi connectivity index (χ2v) is 9.73. The Morgan fingerprint density at radius 3 is 2.18 bits per heavy atom. The Morgan fingerprint density at radius 1 is 1.06 bits per heavy atom. The molecule has 0 amide bonds. The predicted octanol–water partition coefficient (Wildman–Crippen LogP) is -0.958. The molecule has 1 aliphatic carbocycles. The highest BCUT2D eigenvalue weighted by molar-refractivity contribution is 5.64. The Morgan fingerprint density at radius 2 is 1.68 bits per heavy atom. The number of rotatable bonds is 15. The number of carbonyl (C=O) groups excluding carboxylic acids is 1. The second-order valence-electron chi connectivity index (χ2n) is 9.73. The number of carboxylic acid groups (broad SMARTS) is 1. The Labute approximate surface area is 203 Å². The summed E-state index contributed by atoms with van der Waals surface area (Å²) in [5, 5.41) is 66.5. The Bertz CT molecular complexity index is 595. The fraction of sp³-hybridized carbons (Fsp3) is 0.800. The Hall–Kier alpha value is -1.33. The van der Waals surface area contributed by atoms with Gasteiger partial charge in [0.25, 0.3) is 0 Å². The lowest BCUT2D eigenvalue weighted by Gasteiger charge is -2.23. The highest BCUT2D eigenvalue weighted by Gasteiger charge is 2.39. The number of aliphatic hydroxyl groups is 6. The van der Waals surface area contributed by atoms with Crippen LogP contribution in [0.4, 0.5) is 0 Å². The molecule has 0 unspecified atom stereocenters. The van der Waals surface area contributed by atoms with Crippen LogP contribution in [0.1, 0.15) is 71.6 Å². The van der Waals surface area contributed by atoms with Gasteiger partial charge >= 0.3 is 0 Å². The lowest BCUT2D eigenvalue weighted by atomic mass is 9.88. The third-order valence-electron chi connectivity index (χ3n) is 6.21. The first-order valence-electron chi connectivity index (χ1n) is 12.3. The van der Waals surface area contributed by atoms with Crippen LogP contribution in [0, 0.1) is 11.8 Å². The van der Waals surface area contributed by atoms with E-state index in [1.165, 1.54) is 0 Å². The van der Waals surface area contributed by atoms with Crippen molar-refractivity contribution in [2.75, 3.05) is 19.8 Å². The third-order valence-corrected chi connectivity index (χ3v) is 6.21. The molecule has 1 rings (SSSR count). The SMILES string of the molecule is CCCCC[C@](C)(O)/C=C/[C@@H]1[C@@H](C/C=C\CCCC(=O)[O-])[C@@H](O)C[C@H]1O.[NH3+]C(CO)(CO)CO. The molecule has 0 aromatic heterocycles. The summed E-state index contributed by atoms with van der Waals surface area (Å²) in [6, 6.07) is 0. The summed E-state index contributed by atoms with van der Waals surface area (Å²) < 4.78 is 0. The van der Waals surface area contributed by atoms with E-state index in [0.29, 0.717) is 32.1 Å². The van der Waals surface area contributed by atoms with Gasteiger partial charge in [-0.3, -0.25) is 0 Å². The molecule has 0 radical (unpaired) electrons. The first-order valence-corrected chi connectivity index (χ1v) is 12.3. The molecular formula is C25H47NO8. The minimum absolute atomic E-state index is 0.0492. The summed E-state index contributed by atoms with van der Waals surface area (Å²) in [4.78, 5) is 10.4. The van der Waals surface area contributed by atoms with Gasteiger partial charge in [-0.25, -0.2) is 0 Å². The minimum Gasteiger partial charge on any atom is -0.550 e. The maximum Gasteiger partial charge on any atom is 0.164 e. The minimum atomic E-state index is -1.04. The molecular weight excluding hydrogens is 442 g/mol. The lowest BCUT2D eigenvalue weighted by Crippen LogP contribution is -2.78. The van der Waals surface area contributed by atoms with Crippen LogP contribution in [0.25, 0.3) is 0 Å². The van der Waals surface area contributed by atoms with Crippen LogP contribution in [0.2, 0.25) is 0 Å². The quantitative estimate of drug-likeness (QED) is 0.113. The van der Waals surface area contributed by atoms with Crippen molar-refractivity contribution in [1.82, 2.24) is 0 Å². The van der Waals surface area contributed by atoms with Crippen LogP contribution in [0.3, 0.4) is 0 Å². The number of hydrogen-bond donors (Lipinski definition) is 7. The van der Waals surface area contributed by atoms with Gasteiger partial charge in [-0.2, -0.15) is 0 Å². The molecule has 200 valence electrons. The zero-order chi connectivity index (χ0) is 26.2. The van der Waals surface area contributed by atoms with E-state index in [1.54, 1.807) is 13.0 Å². The summed E-state index contributed by atoms with van der Waals surface area (Å²) in [7, 11) is 0. The molecule has 5 atom stereocenters. The fourth-order valence-electron chi connectivity index (χ4n) is 3.73. The summed E-state index contributed by atoms with van der Waals surface area (Å²) in [6.45, 7) is 3.03. The molecule has 9 N–H and O–H groups in total. The van der Waals surface area contributed by atoms with Crippen LogP contribution in [0.5, 0.6) is 0 Å². The average Bonchev–Trinajstić information content (AvgIpc) is 3.06. The van der Waals surface area contributed by atoms with E-state index in [2.05, 4.69) is 12.7 Å². The molecule has 0 aromatic carbocycles. The summed E-state index contributed by atoms with van der Waals surface area (Å²) >= 11 is 0. The number of quaternary nitrogens is 1. The average molecular weight is 490 g/mol. The maximum absolute atomic E-state index is 10.5. The monoisotopic (exact) mass is 489 g/mol. The van der Waals surface area contributed by atoms with Crippen LogP contribution in [-0.2, 0) is 4.79 Å². The van der Waals surface area contributed by atoms with Gasteiger partial charge < -0.3 is 46.3 Å². The van der Waals surface area contributed by atoms with Gasteiger partial charge in [-0.1, -0.05) is 50.5 Å². The van der Waals surface area contributed by atoms with Crippen molar-refractivity contribution in [3.05, 3.63) is 24.3 Å². The molecule has 0 aromatic rings. The Kier molecular flexibility index (Phi) is 16.5. The zero-order valence-corrected chi connectivity index (χ0v) is 20.8. The summed E-state index contributed by atoms with van der Waals surface area (Å²) in [6.07, 6.45) is 12.4. The molecule has 0 aliphatic heterocycles. The van der Waals surface area contributed by atoms with Crippen LogP contribution < -0.4 is 10.8 Å². The van der Waals surface area contributed by atoms with Gasteiger partial charge in [0.1, 0.15) is 19.8 Å². The van der Waals surface area contributed by atoms with Crippen molar-refractivity contribution in [2.45, 2.75) is 95.0 Å². The lowest BCUT2D eigenvalue weighted by molar-refractivity contribution is -0.494. The number of carboxylic acids is 1. The van der Waals surface area contributed by atoms with E-state index in [-0.39, 0.29) is 38.1 Å². The predicted molar refractivity (Wildman–Crippen MR) is 127 cm³/mol. The molecule has 0 bridgehead atoms. The fourth-order valence-corrected chi connectivity index (χ4v) is 3.73. The highest BCUT2D eigenvalue weighted by Crippen LogP contribution is 2.37. The van der Waals surface area contributed by atoms with Gasteiger partial charge in [0.05, 0.1) is 17.8 Å². The normalized spacial score (nSPS) is 24.9. The van der Waals surface area contributed by atoms with Crippen LogP contribution >= 0.6 is 0 Å². The largest absolute Gasteiger partial charge is 0.550 e. The van der Waals surface area contributed by atoms with E-state index < -0.39 is 29.3 Å². The van der Waals surface area contributed by atoms with Crippen molar-refractivity contribution in [3.63, 3.8) is 0 Å². The van der Waals surface area contributed by atoms with Crippen molar-refractivity contribution in [3.8, 4) is 0 Å². The topological polar surface area (TPSA) is 189 Å². The van der Waals surface area contributed by atoms with Gasteiger partial charge in [0.15, 0.2) is 5.54 Å². The second kappa shape index (κ2) is 17.2. The Balaban J connectivity index is 0.00000116. The molecule has 1 aliphatic rings. The third kappa shape index (κ3) is 13.5. The number of aliphatic carboxylic acids is 1. The molecule has 0 saturated heterocycles. The van der Waals surface area contributed by atoms with E-state index in [0.717, 1.165) is 19.3 Å². The number of allylic oxidation sites excluding steroid dienone is 2. The van der Waals surface area contributed by atoms with Crippen LogP contribution in [-0.4, -0.2) is 79.8 Å². The molecule has 34 heavy (non-hydrogen) atoms. The molecule has 9 heteroatoms. The standard InChI is InChI=1S/C21H36O5.C4H11NO3/c1-3-4-9-13-21(2,26)14-12-17-16(18(22)15-19(17)23)10-7-5-6-8-11-20(24)25;5-4(1-6,2-7)3-8/h5,7,12,14,16-19,22-23,26H,3-4,6,8-11,13,15H2,1-2H3,(H,24,25);6-8H,1-3,5H2/b7-5-,14-12+;/t16-,17-,18+,19-,21+;/m1./s1. The number of carbonyl (C=O) groups is 1. The van der Waals surface area contributed by atoms with Crippen molar-refractivity contribution in [1.29, 1.82) is 0 Å². The van der Waals surface area contributed by atoms with Gasteiger partial charge in [-0.05, 0) is 44.9 Å². The first kappa shape index (κ1) is 32.7. The van der Waals surface area contributed by atoms with Gasteiger partial charge in [0.2, 0.25) is 0 Å². The highest BCUT2D eigenvalue weighted by atomic mass is 16.4. The first-order chi connectivity index (χ1) is 15.9. The molecule has 1 fully saturated rings. The van der Waals surface area contributed by atoms with Crippen molar-refractivity contribution in [2.24, 2.45) is 11.8 Å². The molecule has 0 heterocycles. The van der Waals surface area contributed by atoms with Gasteiger partial charge in [0, 0.05) is 18.3 Å². The van der Waals surface area contributed by atoms with Crippen LogP contribution in [0.15, 0.2) is 24.3 Å². The number of aliphatic hydroxyl groups excluding tert-OH is 5. The van der Waals surface area contributed by atoms with E-state index in [1.807, 2.05) is 18.2 Å². The molecule has 0 spiro atoms. The van der Waals surface area contributed by atoms with E-state index in [9.17, 15) is 25.2 Å². The molecule has 9 nitrogen and oxygen atoms in total. The van der Waals surface area contributed by atoms with Gasteiger partial charge in [-0.15, -0.1) is 0 Å². The van der Waals surface area contributed by atoms with E-state index in [4.69, 9.17) is 15.3 Å². The van der Waals surface area contributed by atoms with E-state index >= 15 is 0 Å². The van der Waals surface area contributed by atoms with Crippen molar-refractivity contribution < 1.29 is 46.3 Å². The number of unbranched alkanes of at least 4 members (excludes halogenated alkanes) is 3. The summed E-state index contributed by atoms with van der Waals surface area (Å²) in [5.74, 6) is -1.32. The molecule has 1 saturated carbocycles. The maximum atomic E-state index is 10.5. The van der Waals surface area contributed by atoms with Crippen molar-refractivity contribution >= 4 is 5.97 Å². The summed E-state index contributed by atoms with van der Waals surface area (Å²) in [5.41, 5.74) is 1.52.